The van der Waals surface area contributed by atoms with Gasteiger partial charge in [-0.2, -0.15) is 0 Å². The molecule has 1 aliphatic carbocycles. The van der Waals surface area contributed by atoms with E-state index in [-0.39, 0.29) is 5.78 Å². The SMILES string of the molecule is CC(C)(C)C1CC=C(C(=O)/C=C/[Si](C)(C)C)CC1. The van der Waals surface area contributed by atoms with Gasteiger partial charge >= 0.3 is 0 Å². The molecule has 0 radical (unpaired) electrons. The van der Waals surface area contributed by atoms with Crippen LogP contribution in [-0.2, 0) is 4.79 Å². The molecular weight excluding hydrogens is 236 g/mol. The van der Waals surface area contributed by atoms with Crippen LogP contribution in [0.1, 0.15) is 40.0 Å². The van der Waals surface area contributed by atoms with Crippen LogP contribution in [0.15, 0.2) is 23.4 Å². The summed E-state index contributed by atoms with van der Waals surface area (Å²) in [6, 6.07) is 0. The van der Waals surface area contributed by atoms with E-state index in [0.717, 1.165) is 30.8 Å². The van der Waals surface area contributed by atoms with Gasteiger partial charge < -0.3 is 0 Å². The summed E-state index contributed by atoms with van der Waals surface area (Å²) in [4.78, 5) is 12.1. The van der Waals surface area contributed by atoms with E-state index in [4.69, 9.17) is 0 Å². The first kappa shape index (κ1) is 15.4. The highest BCUT2D eigenvalue weighted by Crippen LogP contribution is 2.37. The van der Waals surface area contributed by atoms with Crippen molar-refractivity contribution in [3.05, 3.63) is 23.4 Å². The van der Waals surface area contributed by atoms with Crippen molar-refractivity contribution in [1.82, 2.24) is 0 Å². The van der Waals surface area contributed by atoms with E-state index in [1.807, 2.05) is 6.08 Å². The molecular formula is C16H28OSi. The van der Waals surface area contributed by atoms with Gasteiger partial charge in [-0.3, -0.25) is 4.79 Å². The first-order valence-corrected chi connectivity index (χ1v) is 10.6. The second kappa shape index (κ2) is 5.56. The van der Waals surface area contributed by atoms with Crippen molar-refractivity contribution >= 4 is 13.9 Å². The molecule has 1 unspecified atom stereocenters. The predicted octanol–water partition coefficient (Wildman–Crippen LogP) is 4.76. The van der Waals surface area contributed by atoms with Crippen LogP contribution in [0.3, 0.4) is 0 Å². The zero-order chi connectivity index (χ0) is 14.0. The van der Waals surface area contributed by atoms with Crippen LogP contribution in [0.4, 0.5) is 0 Å². The van der Waals surface area contributed by atoms with E-state index < -0.39 is 8.07 Å². The molecule has 0 fully saturated rings. The molecule has 102 valence electrons. The molecule has 0 heterocycles. The molecule has 0 spiro atoms. The van der Waals surface area contributed by atoms with Crippen LogP contribution >= 0.6 is 0 Å². The standard InChI is InChI=1S/C16H28OSi/c1-16(2,3)14-9-7-13(8-10-14)15(17)11-12-18(4,5)6/h7,11-12,14H,8-10H2,1-6H3/b12-11+. The number of allylic oxidation sites excluding steroid dienone is 3. The molecule has 18 heavy (non-hydrogen) atoms. The van der Waals surface area contributed by atoms with Gasteiger partial charge in [-0.05, 0) is 42.2 Å². The number of rotatable bonds is 3. The quantitative estimate of drug-likeness (QED) is 0.530. The highest BCUT2D eigenvalue weighted by atomic mass is 28.3. The summed E-state index contributed by atoms with van der Waals surface area (Å²) >= 11 is 0. The number of hydrogen-bond acceptors (Lipinski definition) is 1. The molecule has 0 saturated carbocycles. The summed E-state index contributed by atoms with van der Waals surface area (Å²) in [5.41, 5.74) is 3.54. The average molecular weight is 264 g/mol. The Hall–Kier alpha value is -0.633. The Morgan fingerprint density at radius 3 is 2.33 bits per heavy atom. The van der Waals surface area contributed by atoms with E-state index in [0.29, 0.717) is 5.41 Å². The summed E-state index contributed by atoms with van der Waals surface area (Å²) in [6.07, 6.45) is 7.16. The van der Waals surface area contributed by atoms with Crippen molar-refractivity contribution in [2.45, 2.75) is 59.7 Å². The number of carbonyl (C=O) groups is 1. The minimum atomic E-state index is -1.26. The fourth-order valence-corrected chi connectivity index (χ4v) is 2.93. The Labute approximate surface area is 113 Å². The Bertz CT molecular complexity index is 364. The van der Waals surface area contributed by atoms with E-state index in [2.05, 4.69) is 52.2 Å². The van der Waals surface area contributed by atoms with Gasteiger partial charge in [0, 0.05) is 0 Å². The Morgan fingerprint density at radius 1 is 1.33 bits per heavy atom. The van der Waals surface area contributed by atoms with Crippen LogP contribution in [0.2, 0.25) is 19.6 Å². The maximum absolute atomic E-state index is 12.1. The van der Waals surface area contributed by atoms with Gasteiger partial charge in [0.2, 0.25) is 0 Å². The van der Waals surface area contributed by atoms with E-state index >= 15 is 0 Å². The fraction of sp³-hybridized carbons (Fsp3) is 0.688. The first-order chi connectivity index (χ1) is 8.09. The van der Waals surface area contributed by atoms with Crippen LogP contribution in [0.25, 0.3) is 0 Å². The van der Waals surface area contributed by atoms with Crippen molar-refractivity contribution in [2.75, 3.05) is 0 Å². The third-order valence-electron chi connectivity index (χ3n) is 3.69. The van der Waals surface area contributed by atoms with Crippen molar-refractivity contribution in [2.24, 2.45) is 11.3 Å². The normalized spacial score (nSPS) is 22.1. The van der Waals surface area contributed by atoms with Crippen LogP contribution < -0.4 is 0 Å². The lowest BCUT2D eigenvalue weighted by Crippen LogP contribution is -2.23. The lowest BCUT2D eigenvalue weighted by Gasteiger charge is -2.32. The fourth-order valence-electron chi connectivity index (χ4n) is 2.28. The molecule has 0 aromatic rings. The maximum Gasteiger partial charge on any atom is 0.180 e. The van der Waals surface area contributed by atoms with Gasteiger partial charge in [0.15, 0.2) is 5.78 Å². The van der Waals surface area contributed by atoms with Gasteiger partial charge in [-0.15, -0.1) is 0 Å². The maximum atomic E-state index is 12.1. The van der Waals surface area contributed by atoms with Crippen LogP contribution in [0.5, 0.6) is 0 Å². The van der Waals surface area contributed by atoms with Crippen LogP contribution in [-0.4, -0.2) is 13.9 Å². The summed E-state index contributed by atoms with van der Waals surface area (Å²) in [5.74, 6) is 0.958. The van der Waals surface area contributed by atoms with Crippen molar-refractivity contribution in [3.8, 4) is 0 Å². The topological polar surface area (TPSA) is 17.1 Å². The minimum absolute atomic E-state index is 0.241. The van der Waals surface area contributed by atoms with Crippen molar-refractivity contribution in [3.63, 3.8) is 0 Å². The predicted molar refractivity (Wildman–Crippen MR) is 82.4 cm³/mol. The van der Waals surface area contributed by atoms with Gasteiger partial charge in [0.05, 0.1) is 8.07 Å². The number of ketones is 1. The molecule has 0 saturated heterocycles. The monoisotopic (exact) mass is 264 g/mol. The van der Waals surface area contributed by atoms with Crippen LogP contribution in [0, 0.1) is 11.3 Å². The second-order valence-corrected chi connectivity index (χ2v) is 12.7. The highest BCUT2D eigenvalue weighted by molar-refractivity contribution is 6.81. The summed E-state index contributed by atoms with van der Waals surface area (Å²) in [5, 5.41) is 0. The molecule has 0 bridgehead atoms. The zero-order valence-electron chi connectivity index (χ0n) is 12.8. The smallest absolute Gasteiger partial charge is 0.180 e. The molecule has 1 aliphatic rings. The van der Waals surface area contributed by atoms with Crippen molar-refractivity contribution in [1.29, 1.82) is 0 Å². The molecule has 1 rings (SSSR count). The van der Waals surface area contributed by atoms with Gasteiger partial charge in [0.1, 0.15) is 0 Å². The first-order valence-electron chi connectivity index (χ1n) is 7.02. The summed E-state index contributed by atoms with van der Waals surface area (Å²) < 4.78 is 0. The zero-order valence-corrected chi connectivity index (χ0v) is 13.8. The lowest BCUT2D eigenvalue weighted by atomic mass is 9.73. The van der Waals surface area contributed by atoms with E-state index in [9.17, 15) is 4.79 Å². The Morgan fingerprint density at radius 2 is 1.94 bits per heavy atom. The summed E-state index contributed by atoms with van der Waals surface area (Å²) in [6.45, 7) is 13.6. The lowest BCUT2D eigenvalue weighted by molar-refractivity contribution is -0.111. The van der Waals surface area contributed by atoms with E-state index in [1.165, 1.54) is 0 Å². The average Bonchev–Trinajstić information content (AvgIpc) is 2.24. The second-order valence-electron chi connectivity index (χ2n) is 7.63. The third kappa shape index (κ3) is 4.93. The molecule has 0 N–H and O–H groups in total. The molecule has 1 atom stereocenters. The molecule has 0 aromatic heterocycles. The number of hydrogen-bond donors (Lipinski definition) is 0. The molecule has 1 nitrogen and oxygen atoms in total. The summed E-state index contributed by atoms with van der Waals surface area (Å²) in [7, 11) is -1.26. The molecule has 2 heteroatoms. The van der Waals surface area contributed by atoms with Gasteiger partial charge in [-0.25, -0.2) is 0 Å². The van der Waals surface area contributed by atoms with Gasteiger partial charge in [-0.1, -0.05) is 52.2 Å². The third-order valence-corrected chi connectivity index (χ3v) is 4.85. The molecule has 0 aromatic carbocycles. The number of carbonyl (C=O) groups excluding carboxylic acids is 1. The molecule has 0 aliphatic heterocycles. The van der Waals surface area contributed by atoms with Gasteiger partial charge in [0.25, 0.3) is 0 Å². The van der Waals surface area contributed by atoms with E-state index in [1.54, 1.807) is 0 Å². The Balaban J connectivity index is 2.64. The Kier molecular flexibility index (Phi) is 4.76. The van der Waals surface area contributed by atoms with Crippen molar-refractivity contribution < 1.29 is 4.79 Å². The molecule has 0 amide bonds. The highest BCUT2D eigenvalue weighted by Gasteiger charge is 2.27. The largest absolute Gasteiger partial charge is 0.290 e. The minimum Gasteiger partial charge on any atom is -0.290 e.